The lowest BCUT2D eigenvalue weighted by atomic mass is 10.1. The second-order valence-corrected chi connectivity index (χ2v) is 5.06. The third-order valence-corrected chi connectivity index (χ3v) is 3.65. The van der Waals surface area contributed by atoms with E-state index in [9.17, 15) is 4.79 Å². The van der Waals surface area contributed by atoms with Crippen molar-refractivity contribution in [2.75, 3.05) is 0 Å². The molecule has 14 heavy (non-hydrogen) atoms. The molecule has 76 valence electrons. The number of unbranched alkanes of at least 4 members (excludes halogenated alkanes) is 1. The summed E-state index contributed by atoms with van der Waals surface area (Å²) in [6.07, 6.45) is 6.52. The van der Waals surface area contributed by atoms with Crippen molar-refractivity contribution in [3.05, 3.63) is 22.4 Å². The highest BCUT2D eigenvalue weighted by atomic mass is 32.1. The van der Waals surface area contributed by atoms with Gasteiger partial charge in [0.1, 0.15) is 5.78 Å². The van der Waals surface area contributed by atoms with Crippen molar-refractivity contribution in [2.24, 2.45) is 5.92 Å². The summed E-state index contributed by atoms with van der Waals surface area (Å²) in [5.41, 5.74) is 0. The Bertz CT molecular complexity index is 285. The van der Waals surface area contributed by atoms with Crippen LogP contribution in [-0.2, 0) is 11.2 Å². The van der Waals surface area contributed by atoms with Gasteiger partial charge in [0.15, 0.2) is 0 Å². The van der Waals surface area contributed by atoms with Crippen LogP contribution >= 0.6 is 11.3 Å². The van der Waals surface area contributed by atoms with Gasteiger partial charge in [-0.1, -0.05) is 6.07 Å². The van der Waals surface area contributed by atoms with Gasteiger partial charge in [0.05, 0.1) is 0 Å². The Hall–Kier alpha value is -0.630. The van der Waals surface area contributed by atoms with Crippen LogP contribution in [0.2, 0.25) is 0 Å². The van der Waals surface area contributed by atoms with Gasteiger partial charge in [-0.2, -0.15) is 0 Å². The van der Waals surface area contributed by atoms with E-state index in [1.165, 1.54) is 11.3 Å². The second-order valence-electron chi connectivity index (χ2n) is 4.03. The summed E-state index contributed by atoms with van der Waals surface area (Å²) in [4.78, 5) is 12.8. The summed E-state index contributed by atoms with van der Waals surface area (Å²) < 4.78 is 0. The van der Waals surface area contributed by atoms with Gasteiger partial charge in [-0.25, -0.2) is 0 Å². The molecular formula is C12H16OS. The smallest absolute Gasteiger partial charge is 0.135 e. The van der Waals surface area contributed by atoms with Crippen LogP contribution in [0.5, 0.6) is 0 Å². The van der Waals surface area contributed by atoms with Crippen LogP contribution in [0.1, 0.15) is 37.0 Å². The van der Waals surface area contributed by atoms with Crippen molar-refractivity contribution >= 4 is 17.1 Å². The van der Waals surface area contributed by atoms with E-state index in [-0.39, 0.29) is 0 Å². The van der Waals surface area contributed by atoms with Gasteiger partial charge in [0, 0.05) is 17.2 Å². The first kappa shape index (κ1) is 9.91. The van der Waals surface area contributed by atoms with E-state index < -0.39 is 0 Å². The van der Waals surface area contributed by atoms with Crippen molar-refractivity contribution in [1.82, 2.24) is 0 Å². The number of aryl methyl sites for hydroxylation is 1. The molecule has 1 aliphatic rings. The molecule has 0 radical (unpaired) electrons. The molecule has 1 aromatic rings. The quantitative estimate of drug-likeness (QED) is 0.654. The average Bonchev–Trinajstić information content (AvgIpc) is 2.92. The van der Waals surface area contributed by atoms with Crippen LogP contribution in [0.25, 0.3) is 0 Å². The van der Waals surface area contributed by atoms with E-state index in [2.05, 4.69) is 17.5 Å². The summed E-state index contributed by atoms with van der Waals surface area (Å²) in [5.74, 6) is 0.966. The van der Waals surface area contributed by atoms with Crippen LogP contribution in [0.3, 0.4) is 0 Å². The van der Waals surface area contributed by atoms with Crippen LogP contribution < -0.4 is 0 Å². The molecule has 1 aromatic heterocycles. The van der Waals surface area contributed by atoms with Crippen LogP contribution in [0, 0.1) is 5.92 Å². The molecule has 0 atom stereocenters. The summed E-state index contributed by atoms with van der Waals surface area (Å²) >= 11 is 1.82. The van der Waals surface area contributed by atoms with E-state index in [0.717, 1.165) is 32.1 Å². The fourth-order valence-electron chi connectivity index (χ4n) is 1.66. The van der Waals surface area contributed by atoms with Gasteiger partial charge in [-0.05, 0) is 43.6 Å². The maximum Gasteiger partial charge on any atom is 0.135 e. The first-order valence-electron chi connectivity index (χ1n) is 5.41. The van der Waals surface area contributed by atoms with E-state index in [4.69, 9.17) is 0 Å². The number of ketones is 1. The average molecular weight is 208 g/mol. The minimum absolute atomic E-state index is 0.455. The first-order chi connectivity index (χ1) is 6.86. The van der Waals surface area contributed by atoms with Crippen LogP contribution in [0.15, 0.2) is 17.5 Å². The molecule has 2 heteroatoms. The molecule has 2 rings (SSSR count). The highest BCUT2D eigenvalue weighted by molar-refractivity contribution is 7.09. The zero-order valence-electron chi connectivity index (χ0n) is 8.37. The zero-order valence-corrected chi connectivity index (χ0v) is 9.19. The molecule has 0 saturated heterocycles. The number of carbonyl (C=O) groups excluding carboxylic acids is 1. The van der Waals surface area contributed by atoms with Crippen molar-refractivity contribution in [3.63, 3.8) is 0 Å². The highest BCUT2D eigenvalue weighted by Crippen LogP contribution is 2.31. The number of thiophene rings is 1. The van der Waals surface area contributed by atoms with E-state index in [1.807, 2.05) is 11.3 Å². The highest BCUT2D eigenvalue weighted by Gasteiger charge is 2.28. The Balaban J connectivity index is 1.57. The zero-order chi connectivity index (χ0) is 9.80. The summed E-state index contributed by atoms with van der Waals surface area (Å²) in [5, 5.41) is 2.12. The molecule has 1 saturated carbocycles. The normalized spacial score (nSPS) is 15.7. The second kappa shape index (κ2) is 4.74. The third-order valence-electron chi connectivity index (χ3n) is 2.71. The topological polar surface area (TPSA) is 17.1 Å². The Morgan fingerprint density at radius 1 is 1.43 bits per heavy atom. The van der Waals surface area contributed by atoms with E-state index in [0.29, 0.717) is 11.7 Å². The third kappa shape index (κ3) is 2.95. The molecule has 0 aromatic carbocycles. The van der Waals surface area contributed by atoms with Crippen LogP contribution in [0.4, 0.5) is 0 Å². The number of carbonyl (C=O) groups is 1. The summed E-state index contributed by atoms with van der Waals surface area (Å²) in [7, 11) is 0. The predicted molar refractivity (Wildman–Crippen MR) is 59.6 cm³/mol. The molecule has 1 heterocycles. The van der Waals surface area contributed by atoms with Gasteiger partial charge in [-0.15, -0.1) is 11.3 Å². The number of hydrogen-bond acceptors (Lipinski definition) is 2. The lowest BCUT2D eigenvalue weighted by Gasteiger charge is -1.98. The lowest BCUT2D eigenvalue weighted by Crippen LogP contribution is -1.99. The van der Waals surface area contributed by atoms with E-state index >= 15 is 0 Å². The minimum atomic E-state index is 0.455. The minimum Gasteiger partial charge on any atom is -0.299 e. The standard InChI is InChI=1S/C12H16OS/c13-12(10-7-8-10)6-2-1-4-11-5-3-9-14-11/h3,5,9-10H,1-2,4,6-8H2. The number of rotatable bonds is 6. The molecule has 0 aliphatic heterocycles. The van der Waals surface area contributed by atoms with Gasteiger partial charge in [-0.3, -0.25) is 4.79 Å². The maximum atomic E-state index is 11.4. The van der Waals surface area contributed by atoms with Crippen LogP contribution in [-0.4, -0.2) is 5.78 Å². The van der Waals surface area contributed by atoms with Gasteiger partial charge in [0.25, 0.3) is 0 Å². The molecule has 0 bridgehead atoms. The molecule has 1 fully saturated rings. The van der Waals surface area contributed by atoms with Gasteiger partial charge >= 0.3 is 0 Å². The largest absolute Gasteiger partial charge is 0.299 e. The van der Waals surface area contributed by atoms with E-state index in [1.54, 1.807) is 0 Å². The Morgan fingerprint density at radius 2 is 2.29 bits per heavy atom. The SMILES string of the molecule is O=C(CCCCc1cccs1)C1CC1. The molecule has 1 nitrogen and oxygen atoms in total. The van der Waals surface area contributed by atoms with Gasteiger partial charge < -0.3 is 0 Å². The fourth-order valence-corrected chi connectivity index (χ4v) is 2.41. The maximum absolute atomic E-state index is 11.4. The number of Topliss-reactive ketones (excluding diaryl/α,β-unsaturated/α-hetero) is 1. The van der Waals surface area contributed by atoms with Crippen molar-refractivity contribution < 1.29 is 4.79 Å². The van der Waals surface area contributed by atoms with Crippen molar-refractivity contribution in [1.29, 1.82) is 0 Å². The lowest BCUT2D eigenvalue weighted by molar-refractivity contribution is -0.120. The van der Waals surface area contributed by atoms with Crippen molar-refractivity contribution in [2.45, 2.75) is 38.5 Å². The molecule has 0 spiro atoms. The summed E-state index contributed by atoms with van der Waals surface area (Å²) in [6, 6.07) is 4.27. The van der Waals surface area contributed by atoms with Crippen molar-refractivity contribution in [3.8, 4) is 0 Å². The molecule has 0 N–H and O–H groups in total. The fraction of sp³-hybridized carbons (Fsp3) is 0.583. The molecule has 0 unspecified atom stereocenters. The Labute approximate surface area is 89.1 Å². The Morgan fingerprint density at radius 3 is 2.93 bits per heavy atom. The summed E-state index contributed by atoms with van der Waals surface area (Å²) in [6.45, 7) is 0. The monoisotopic (exact) mass is 208 g/mol. The predicted octanol–water partition coefficient (Wildman–Crippen LogP) is 3.44. The molecular weight excluding hydrogens is 192 g/mol. The number of hydrogen-bond donors (Lipinski definition) is 0. The van der Waals surface area contributed by atoms with Gasteiger partial charge in [0.2, 0.25) is 0 Å². The first-order valence-corrected chi connectivity index (χ1v) is 6.29. The molecule has 1 aliphatic carbocycles. The Kier molecular flexibility index (Phi) is 3.35. The molecule has 0 amide bonds.